The summed E-state index contributed by atoms with van der Waals surface area (Å²) in [5, 5.41) is 2.01. The molecule has 0 saturated carbocycles. The third-order valence-corrected chi connectivity index (χ3v) is 4.47. The summed E-state index contributed by atoms with van der Waals surface area (Å²) in [4.78, 5) is 24.3. The first-order valence-electron chi connectivity index (χ1n) is 6.84. The van der Waals surface area contributed by atoms with Crippen LogP contribution in [0.25, 0.3) is 0 Å². The molecule has 0 aromatic carbocycles. The number of aromatic nitrogens is 2. The Morgan fingerprint density at radius 2 is 2.40 bits per heavy atom. The Morgan fingerprint density at radius 1 is 1.50 bits per heavy atom. The van der Waals surface area contributed by atoms with Crippen molar-refractivity contribution in [1.82, 2.24) is 14.9 Å². The summed E-state index contributed by atoms with van der Waals surface area (Å²) in [6, 6.07) is 4.09. The molecule has 5 heteroatoms. The molecule has 2 aromatic heterocycles. The minimum absolute atomic E-state index is 0.0925. The maximum absolute atomic E-state index is 12.5. The third kappa shape index (κ3) is 2.72. The highest BCUT2D eigenvalue weighted by molar-refractivity contribution is 7.10. The van der Waals surface area contributed by atoms with Crippen molar-refractivity contribution in [1.29, 1.82) is 0 Å². The molecule has 1 aliphatic rings. The number of amides is 1. The van der Waals surface area contributed by atoms with Gasteiger partial charge in [-0.1, -0.05) is 6.07 Å². The van der Waals surface area contributed by atoms with Crippen LogP contribution in [-0.2, 0) is 11.2 Å². The molecule has 1 amide bonds. The molecule has 104 valence electrons. The molecule has 4 nitrogen and oxygen atoms in total. The maximum atomic E-state index is 12.5. The molecule has 0 radical (unpaired) electrons. The number of carbonyl (C=O) groups is 1. The second-order valence-corrected chi connectivity index (χ2v) is 6.12. The van der Waals surface area contributed by atoms with E-state index in [1.54, 1.807) is 23.7 Å². The second-order valence-electron chi connectivity index (χ2n) is 5.09. The van der Waals surface area contributed by atoms with Gasteiger partial charge in [0.05, 0.1) is 30.0 Å². The Balaban J connectivity index is 1.77. The molecule has 0 bridgehead atoms. The van der Waals surface area contributed by atoms with E-state index in [-0.39, 0.29) is 11.9 Å². The van der Waals surface area contributed by atoms with E-state index in [9.17, 15) is 4.79 Å². The van der Waals surface area contributed by atoms with E-state index in [4.69, 9.17) is 0 Å². The van der Waals surface area contributed by atoms with Gasteiger partial charge in [-0.3, -0.25) is 14.8 Å². The van der Waals surface area contributed by atoms with Gasteiger partial charge < -0.3 is 4.90 Å². The zero-order valence-electron chi connectivity index (χ0n) is 11.5. The Bertz CT molecular complexity index is 597. The van der Waals surface area contributed by atoms with Crippen molar-refractivity contribution >= 4 is 17.2 Å². The average molecular weight is 287 g/mol. The van der Waals surface area contributed by atoms with Crippen LogP contribution >= 0.6 is 11.3 Å². The lowest BCUT2D eigenvalue weighted by atomic mass is 10.1. The molecular weight excluding hydrogens is 270 g/mol. The molecule has 2 aromatic rings. The Morgan fingerprint density at radius 3 is 3.15 bits per heavy atom. The highest BCUT2D eigenvalue weighted by Gasteiger charge is 2.31. The maximum Gasteiger partial charge on any atom is 0.228 e. The van der Waals surface area contributed by atoms with Crippen LogP contribution in [0.15, 0.2) is 29.9 Å². The molecule has 3 rings (SSSR count). The number of hydrogen-bond donors (Lipinski definition) is 0. The highest BCUT2D eigenvalue weighted by Crippen LogP contribution is 2.31. The molecule has 0 spiro atoms. The van der Waals surface area contributed by atoms with Gasteiger partial charge in [0.1, 0.15) is 0 Å². The van der Waals surface area contributed by atoms with Crippen LogP contribution in [0, 0.1) is 6.92 Å². The Hall–Kier alpha value is -1.75. The average Bonchev–Trinajstić information content (AvgIpc) is 3.09. The first-order chi connectivity index (χ1) is 9.74. The molecule has 0 N–H and O–H groups in total. The van der Waals surface area contributed by atoms with Crippen LogP contribution in [0.1, 0.15) is 35.1 Å². The topological polar surface area (TPSA) is 46.1 Å². The number of thiophene rings is 1. The number of aryl methyl sites for hydroxylation is 1. The van der Waals surface area contributed by atoms with Crippen molar-refractivity contribution < 1.29 is 4.79 Å². The van der Waals surface area contributed by atoms with Crippen molar-refractivity contribution in [2.75, 3.05) is 6.54 Å². The van der Waals surface area contributed by atoms with E-state index in [0.29, 0.717) is 6.42 Å². The van der Waals surface area contributed by atoms with Crippen LogP contribution in [0.4, 0.5) is 0 Å². The minimum atomic E-state index is 0.0925. The van der Waals surface area contributed by atoms with Gasteiger partial charge in [-0.15, -0.1) is 11.3 Å². The summed E-state index contributed by atoms with van der Waals surface area (Å²) in [6.45, 7) is 2.76. The molecule has 20 heavy (non-hydrogen) atoms. The number of nitrogens with zero attached hydrogens (tertiary/aromatic N) is 3. The SMILES string of the molecule is Cc1cncc([C@@H]2CCCN2C(=O)Cc2cccs2)n1. The standard InChI is InChI=1S/C15H17N3OS/c1-11-9-16-10-13(17-11)14-5-2-6-18(14)15(19)8-12-4-3-7-20-12/h3-4,7,9-10,14H,2,5-6,8H2,1H3/t14-/m0/s1. The molecule has 1 fully saturated rings. The van der Waals surface area contributed by atoms with Crippen LogP contribution in [0.3, 0.4) is 0 Å². The number of rotatable bonds is 3. The highest BCUT2D eigenvalue weighted by atomic mass is 32.1. The van der Waals surface area contributed by atoms with Gasteiger partial charge in [0.15, 0.2) is 0 Å². The van der Waals surface area contributed by atoms with Gasteiger partial charge in [0, 0.05) is 17.6 Å². The monoisotopic (exact) mass is 287 g/mol. The van der Waals surface area contributed by atoms with Gasteiger partial charge in [0.2, 0.25) is 5.91 Å². The number of hydrogen-bond acceptors (Lipinski definition) is 4. The largest absolute Gasteiger partial charge is 0.334 e. The Labute approximate surface area is 122 Å². The fraction of sp³-hybridized carbons (Fsp3) is 0.400. The molecule has 0 unspecified atom stereocenters. The molecular formula is C15H17N3OS. The predicted octanol–water partition coefficient (Wildman–Crippen LogP) is 2.75. The third-order valence-electron chi connectivity index (χ3n) is 3.59. The summed E-state index contributed by atoms with van der Waals surface area (Å²) in [5.41, 5.74) is 1.82. The Kier molecular flexibility index (Phi) is 3.78. The van der Waals surface area contributed by atoms with Gasteiger partial charge in [-0.25, -0.2) is 0 Å². The van der Waals surface area contributed by atoms with E-state index >= 15 is 0 Å². The number of likely N-dealkylation sites (tertiary alicyclic amines) is 1. The van der Waals surface area contributed by atoms with Gasteiger partial charge in [0.25, 0.3) is 0 Å². The van der Waals surface area contributed by atoms with Gasteiger partial charge in [-0.2, -0.15) is 0 Å². The molecule has 1 saturated heterocycles. The van der Waals surface area contributed by atoms with Crippen molar-refractivity contribution in [3.8, 4) is 0 Å². The van der Waals surface area contributed by atoms with Crippen molar-refractivity contribution in [2.45, 2.75) is 32.2 Å². The molecule has 0 aliphatic carbocycles. The lowest BCUT2D eigenvalue weighted by Crippen LogP contribution is -2.32. The zero-order chi connectivity index (χ0) is 13.9. The normalized spacial score (nSPS) is 18.4. The first-order valence-corrected chi connectivity index (χ1v) is 7.72. The van der Waals surface area contributed by atoms with Crippen molar-refractivity contribution in [3.05, 3.63) is 46.2 Å². The van der Waals surface area contributed by atoms with Gasteiger partial charge in [-0.05, 0) is 31.2 Å². The van der Waals surface area contributed by atoms with Crippen LogP contribution in [-0.4, -0.2) is 27.3 Å². The van der Waals surface area contributed by atoms with E-state index in [1.807, 2.05) is 29.3 Å². The van der Waals surface area contributed by atoms with E-state index in [1.165, 1.54) is 0 Å². The summed E-state index contributed by atoms with van der Waals surface area (Å²) in [5.74, 6) is 0.193. The lowest BCUT2D eigenvalue weighted by molar-refractivity contribution is -0.131. The lowest BCUT2D eigenvalue weighted by Gasteiger charge is -2.24. The fourth-order valence-corrected chi connectivity index (χ4v) is 3.38. The fourth-order valence-electron chi connectivity index (χ4n) is 2.68. The van der Waals surface area contributed by atoms with Crippen LogP contribution in [0.5, 0.6) is 0 Å². The predicted molar refractivity (Wildman–Crippen MR) is 78.5 cm³/mol. The number of carbonyl (C=O) groups excluding carboxylic acids is 1. The zero-order valence-corrected chi connectivity index (χ0v) is 12.3. The molecule has 3 heterocycles. The summed E-state index contributed by atoms with van der Waals surface area (Å²) in [6.07, 6.45) is 6.04. The van der Waals surface area contributed by atoms with Crippen molar-refractivity contribution in [2.24, 2.45) is 0 Å². The summed E-state index contributed by atoms with van der Waals surface area (Å²) in [7, 11) is 0. The van der Waals surface area contributed by atoms with Crippen LogP contribution < -0.4 is 0 Å². The summed E-state index contributed by atoms with van der Waals surface area (Å²) < 4.78 is 0. The second kappa shape index (κ2) is 5.71. The summed E-state index contributed by atoms with van der Waals surface area (Å²) >= 11 is 1.63. The quantitative estimate of drug-likeness (QED) is 0.872. The smallest absolute Gasteiger partial charge is 0.228 e. The molecule has 1 atom stereocenters. The van der Waals surface area contributed by atoms with Crippen molar-refractivity contribution in [3.63, 3.8) is 0 Å². The van der Waals surface area contributed by atoms with E-state index in [2.05, 4.69) is 9.97 Å². The van der Waals surface area contributed by atoms with E-state index < -0.39 is 0 Å². The van der Waals surface area contributed by atoms with Crippen LogP contribution in [0.2, 0.25) is 0 Å². The van der Waals surface area contributed by atoms with Gasteiger partial charge >= 0.3 is 0 Å². The minimum Gasteiger partial charge on any atom is -0.334 e. The first kappa shape index (κ1) is 13.2. The molecule has 1 aliphatic heterocycles. The van der Waals surface area contributed by atoms with E-state index in [0.717, 1.165) is 35.7 Å².